The van der Waals surface area contributed by atoms with Crippen LogP contribution in [0.2, 0.25) is 5.02 Å². The van der Waals surface area contributed by atoms with Crippen LogP contribution in [0.5, 0.6) is 0 Å². The van der Waals surface area contributed by atoms with Crippen molar-refractivity contribution in [1.82, 2.24) is 0 Å². The average molecular weight is 285 g/mol. The molecule has 5 heteroatoms. The van der Waals surface area contributed by atoms with E-state index >= 15 is 0 Å². The first kappa shape index (κ1) is 13.6. The van der Waals surface area contributed by atoms with Crippen molar-refractivity contribution < 1.29 is 18.0 Å². The minimum Gasteiger partial charge on any atom is -0.288 e. The number of rotatable bonds is 2. The van der Waals surface area contributed by atoms with Gasteiger partial charge in [-0.15, -0.1) is 0 Å². The van der Waals surface area contributed by atoms with Crippen LogP contribution in [0.1, 0.15) is 21.5 Å². The van der Waals surface area contributed by atoms with Crippen LogP contribution in [0.15, 0.2) is 30.3 Å². The van der Waals surface area contributed by atoms with Gasteiger partial charge in [-0.2, -0.15) is 0 Å². The highest BCUT2D eigenvalue weighted by atomic mass is 35.5. The van der Waals surface area contributed by atoms with Crippen LogP contribution in [-0.4, -0.2) is 5.78 Å². The van der Waals surface area contributed by atoms with Crippen LogP contribution >= 0.6 is 11.6 Å². The van der Waals surface area contributed by atoms with Crippen molar-refractivity contribution in [3.05, 3.63) is 69.5 Å². The van der Waals surface area contributed by atoms with Crippen LogP contribution in [0.4, 0.5) is 13.2 Å². The summed E-state index contributed by atoms with van der Waals surface area (Å²) in [7, 11) is 0. The molecule has 0 unspecified atom stereocenters. The molecule has 0 bridgehead atoms. The van der Waals surface area contributed by atoms with Gasteiger partial charge in [0.2, 0.25) is 0 Å². The maximum absolute atomic E-state index is 13.5. The highest BCUT2D eigenvalue weighted by Gasteiger charge is 2.21. The second-order valence-electron chi connectivity index (χ2n) is 4.01. The lowest BCUT2D eigenvalue weighted by Gasteiger charge is -2.07. The number of hydrogen-bond acceptors (Lipinski definition) is 1. The Kier molecular flexibility index (Phi) is 3.62. The first-order chi connectivity index (χ1) is 8.91. The quantitative estimate of drug-likeness (QED) is 0.752. The van der Waals surface area contributed by atoms with Gasteiger partial charge in [-0.25, -0.2) is 13.2 Å². The lowest BCUT2D eigenvalue weighted by atomic mass is 10.0. The fourth-order valence-electron chi connectivity index (χ4n) is 1.68. The molecule has 0 saturated carbocycles. The summed E-state index contributed by atoms with van der Waals surface area (Å²) in [5.41, 5.74) is -0.663. The Morgan fingerprint density at radius 2 is 1.63 bits per heavy atom. The smallest absolute Gasteiger partial charge is 0.200 e. The van der Waals surface area contributed by atoms with Gasteiger partial charge in [-0.3, -0.25) is 4.79 Å². The molecule has 0 aliphatic heterocycles. The van der Waals surface area contributed by atoms with E-state index in [0.29, 0.717) is 0 Å². The van der Waals surface area contributed by atoms with E-state index in [1.165, 1.54) is 13.0 Å². The summed E-state index contributed by atoms with van der Waals surface area (Å²) < 4.78 is 40.3. The highest BCUT2D eigenvalue weighted by molar-refractivity contribution is 6.35. The number of carbonyl (C=O) groups excluding carboxylic acids is 1. The molecule has 2 aromatic carbocycles. The third-order valence-corrected chi connectivity index (χ3v) is 3.00. The van der Waals surface area contributed by atoms with Crippen molar-refractivity contribution in [3.63, 3.8) is 0 Å². The molecule has 0 N–H and O–H groups in total. The van der Waals surface area contributed by atoms with E-state index in [-0.39, 0.29) is 16.1 Å². The van der Waals surface area contributed by atoms with E-state index < -0.39 is 28.8 Å². The van der Waals surface area contributed by atoms with Crippen molar-refractivity contribution >= 4 is 17.4 Å². The van der Waals surface area contributed by atoms with Crippen LogP contribution in [0, 0.1) is 24.4 Å². The second kappa shape index (κ2) is 5.05. The molecule has 0 amide bonds. The topological polar surface area (TPSA) is 17.1 Å². The van der Waals surface area contributed by atoms with Gasteiger partial charge in [-0.1, -0.05) is 17.7 Å². The van der Waals surface area contributed by atoms with Gasteiger partial charge in [0.1, 0.15) is 17.5 Å². The highest BCUT2D eigenvalue weighted by Crippen LogP contribution is 2.25. The first-order valence-electron chi connectivity index (χ1n) is 5.36. The van der Waals surface area contributed by atoms with E-state index in [2.05, 4.69) is 0 Å². The summed E-state index contributed by atoms with van der Waals surface area (Å²) in [5.74, 6) is -3.47. The lowest BCUT2D eigenvalue weighted by molar-refractivity contribution is 0.103. The first-order valence-corrected chi connectivity index (χ1v) is 5.74. The maximum atomic E-state index is 13.5. The molecule has 0 aliphatic rings. The van der Waals surface area contributed by atoms with Crippen molar-refractivity contribution in [2.24, 2.45) is 0 Å². The summed E-state index contributed by atoms with van der Waals surface area (Å²) in [4.78, 5) is 12.1. The van der Waals surface area contributed by atoms with Crippen molar-refractivity contribution in [2.45, 2.75) is 6.92 Å². The van der Waals surface area contributed by atoms with E-state index in [1.54, 1.807) is 0 Å². The summed E-state index contributed by atoms with van der Waals surface area (Å²) in [5, 5.41) is -0.184. The zero-order valence-corrected chi connectivity index (χ0v) is 10.6. The van der Waals surface area contributed by atoms with Gasteiger partial charge in [0, 0.05) is 5.56 Å². The van der Waals surface area contributed by atoms with Crippen LogP contribution < -0.4 is 0 Å². The standard InChI is InChI=1S/C14H8ClF3O/c1-7-5-8(9(15)6-12(7)18)14(19)13-10(16)3-2-4-11(13)17/h2-6H,1H3. The van der Waals surface area contributed by atoms with Crippen LogP contribution in [0.3, 0.4) is 0 Å². The molecule has 0 aromatic heterocycles. The molecular weight excluding hydrogens is 277 g/mol. The Balaban J connectivity index is 2.60. The SMILES string of the molecule is Cc1cc(C(=O)c2c(F)cccc2F)c(Cl)cc1F. The number of benzene rings is 2. The molecule has 19 heavy (non-hydrogen) atoms. The molecule has 2 rings (SSSR count). The van der Waals surface area contributed by atoms with Crippen molar-refractivity contribution in [3.8, 4) is 0 Å². The molecule has 1 nitrogen and oxygen atoms in total. The number of ketones is 1. The molecule has 0 atom stereocenters. The van der Waals surface area contributed by atoms with Crippen molar-refractivity contribution in [1.29, 1.82) is 0 Å². The van der Waals surface area contributed by atoms with E-state index in [0.717, 1.165) is 24.3 Å². The fourth-order valence-corrected chi connectivity index (χ4v) is 1.92. The maximum Gasteiger partial charge on any atom is 0.200 e. The van der Waals surface area contributed by atoms with E-state index in [9.17, 15) is 18.0 Å². The molecule has 0 fully saturated rings. The predicted octanol–water partition coefficient (Wildman–Crippen LogP) is 4.30. The van der Waals surface area contributed by atoms with Crippen molar-refractivity contribution in [2.75, 3.05) is 0 Å². The third-order valence-electron chi connectivity index (χ3n) is 2.68. The molecule has 98 valence electrons. The molecule has 0 aliphatic carbocycles. The summed E-state index contributed by atoms with van der Waals surface area (Å²) in [6.07, 6.45) is 0. The number of carbonyl (C=O) groups is 1. The summed E-state index contributed by atoms with van der Waals surface area (Å²) >= 11 is 5.75. The van der Waals surface area contributed by atoms with Crippen LogP contribution in [0.25, 0.3) is 0 Å². The number of aryl methyl sites for hydroxylation is 1. The van der Waals surface area contributed by atoms with Gasteiger partial charge in [-0.05, 0) is 36.8 Å². The Labute approximate surface area is 112 Å². The van der Waals surface area contributed by atoms with Gasteiger partial charge < -0.3 is 0 Å². The minimum absolute atomic E-state index is 0.135. The molecule has 0 radical (unpaired) electrons. The van der Waals surface area contributed by atoms with Gasteiger partial charge >= 0.3 is 0 Å². The molecular formula is C14H8ClF3O. The summed E-state index contributed by atoms with van der Waals surface area (Å²) in [6, 6.07) is 5.22. The zero-order chi connectivity index (χ0) is 14.2. The van der Waals surface area contributed by atoms with E-state index in [1.807, 2.05) is 0 Å². The molecule has 0 heterocycles. The minimum atomic E-state index is -0.983. The Hall–Kier alpha value is -1.81. The monoisotopic (exact) mass is 284 g/mol. The van der Waals surface area contributed by atoms with Gasteiger partial charge in [0.05, 0.1) is 10.6 Å². The molecule has 2 aromatic rings. The van der Waals surface area contributed by atoms with E-state index in [4.69, 9.17) is 11.6 Å². The molecule has 0 spiro atoms. The Bertz CT molecular complexity index is 648. The Morgan fingerprint density at radius 1 is 1.05 bits per heavy atom. The average Bonchev–Trinajstić information content (AvgIpc) is 2.33. The Morgan fingerprint density at radius 3 is 2.21 bits per heavy atom. The summed E-state index contributed by atoms with van der Waals surface area (Å²) in [6.45, 7) is 1.43. The lowest BCUT2D eigenvalue weighted by Crippen LogP contribution is -2.09. The van der Waals surface area contributed by atoms with Gasteiger partial charge in [0.25, 0.3) is 0 Å². The number of halogens is 4. The zero-order valence-electron chi connectivity index (χ0n) is 9.81. The number of hydrogen-bond donors (Lipinski definition) is 0. The molecule has 0 saturated heterocycles. The predicted molar refractivity (Wildman–Crippen MR) is 65.9 cm³/mol. The normalized spacial score (nSPS) is 10.6. The fraction of sp³-hybridized carbons (Fsp3) is 0.0714. The third kappa shape index (κ3) is 2.49. The largest absolute Gasteiger partial charge is 0.288 e. The second-order valence-corrected chi connectivity index (χ2v) is 4.41. The van der Waals surface area contributed by atoms with Gasteiger partial charge in [0.15, 0.2) is 5.78 Å². The van der Waals surface area contributed by atoms with Crippen LogP contribution in [-0.2, 0) is 0 Å².